The van der Waals surface area contributed by atoms with E-state index in [1.807, 2.05) is 13.8 Å². The average Bonchev–Trinajstić information content (AvgIpc) is 2.77. The van der Waals surface area contributed by atoms with Crippen molar-refractivity contribution in [3.63, 3.8) is 0 Å². The van der Waals surface area contributed by atoms with Gasteiger partial charge in [-0.15, -0.1) is 0 Å². The van der Waals surface area contributed by atoms with Crippen LogP contribution in [0, 0.1) is 0 Å². The van der Waals surface area contributed by atoms with Crippen molar-refractivity contribution in [2.75, 3.05) is 13.6 Å². The molecule has 0 rings (SSSR count). The van der Waals surface area contributed by atoms with Crippen LogP contribution in [-0.4, -0.2) is 53.5 Å². The molecule has 0 aromatic carbocycles. The Morgan fingerprint density at radius 3 is 1.53 bits per heavy atom. The lowest BCUT2D eigenvalue weighted by Crippen LogP contribution is -2.33. The predicted molar refractivity (Wildman–Crippen MR) is 141 cm³/mol. The van der Waals surface area contributed by atoms with E-state index in [0.717, 1.165) is 25.7 Å². The van der Waals surface area contributed by atoms with Crippen molar-refractivity contribution in [2.24, 2.45) is 0 Å². The molecule has 0 aromatic rings. The first-order valence-electron chi connectivity index (χ1n) is 13.8. The molecule has 1 N–H and O–H groups in total. The molecule has 0 saturated heterocycles. The summed E-state index contributed by atoms with van der Waals surface area (Å²) in [5, 5.41) is 8.87. The fraction of sp³-hybridized carbons (Fsp3) is 0.893. The third kappa shape index (κ3) is 25.2. The smallest absolute Gasteiger partial charge is 0.325 e. The maximum Gasteiger partial charge on any atom is 0.325 e. The molecule has 6 heteroatoms. The molecule has 0 saturated carbocycles. The number of likely N-dealkylation sites (N-methyl/N-ethyl adjacent to an activating group) is 1. The first kappa shape index (κ1) is 34.7. The highest BCUT2D eigenvalue weighted by Crippen LogP contribution is 2.11. The second-order valence-corrected chi connectivity index (χ2v) is 9.67. The lowest BCUT2D eigenvalue weighted by Gasteiger charge is -2.17. The van der Waals surface area contributed by atoms with Gasteiger partial charge in [-0.05, 0) is 33.6 Å². The van der Waals surface area contributed by atoms with Crippen molar-refractivity contribution in [1.82, 2.24) is 4.90 Å². The van der Waals surface area contributed by atoms with Gasteiger partial charge < -0.3 is 14.7 Å². The summed E-state index contributed by atoms with van der Waals surface area (Å²) in [6, 6.07) is 0. The molecular weight excluding hydrogens is 430 g/mol. The zero-order valence-electron chi connectivity index (χ0n) is 23.2. The monoisotopic (exact) mass is 485 g/mol. The Morgan fingerprint density at radius 2 is 1.12 bits per heavy atom. The number of aliphatic hydroxyl groups excluding tert-OH is 1. The van der Waals surface area contributed by atoms with E-state index in [-0.39, 0.29) is 30.3 Å². The molecule has 0 aliphatic carbocycles. The molecule has 0 spiro atoms. The molecule has 1 unspecified atom stereocenters. The zero-order valence-corrected chi connectivity index (χ0v) is 23.2. The third-order valence-electron chi connectivity index (χ3n) is 5.65. The van der Waals surface area contributed by atoms with E-state index in [1.165, 1.54) is 76.0 Å². The molecule has 1 atom stereocenters. The summed E-state index contributed by atoms with van der Waals surface area (Å²) >= 11 is 0. The number of unbranched alkanes of at least 4 members (excludes halogenated alkanes) is 12. The summed E-state index contributed by atoms with van der Waals surface area (Å²) in [7, 11) is 1.66. The fourth-order valence-electron chi connectivity index (χ4n) is 3.47. The van der Waals surface area contributed by atoms with Gasteiger partial charge in [0.2, 0.25) is 5.91 Å². The summed E-state index contributed by atoms with van der Waals surface area (Å²) in [4.78, 5) is 35.8. The quantitative estimate of drug-likeness (QED) is 0.155. The number of rotatable bonds is 20. The summed E-state index contributed by atoms with van der Waals surface area (Å²) in [6.45, 7) is 9.60. The SMILES string of the molecule is CCCCCCCC(=O)C(C)O.CCCCCCCCCCCC(=O)N(C)CC(=O)OC(C)C. The summed E-state index contributed by atoms with van der Waals surface area (Å²) in [5.41, 5.74) is 0. The van der Waals surface area contributed by atoms with Gasteiger partial charge in [-0.25, -0.2) is 0 Å². The van der Waals surface area contributed by atoms with Crippen LogP contribution in [-0.2, 0) is 19.1 Å². The number of aliphatic hydroxyl groups is 1. The van der Waals surface area contributed by atoms with Gasteiger partial charge in [-0.1, -0.05) is 90.9 Å². The Morgan fingerprint density at radius 1 is 0.706 bits per heavy atom. The van der Waals surface area contributed by atoms with Crippen molar-refractivity contribution in [2.45, 2.75) is 150 Å². The Labute approximate surface area is 210 Å². The van der Waals surface area contributed by atoms with Crippen LogP contribution in [0.5, 0.6) is 0 Å². The minimum atomic E-state index is -0.767. The fourth-order valence-corrected chi connectivity index (χ4v) is 3.47. The topological polar surface area (TPSA) is 83.9 Å². The molecule has 0 aliphatic rings. The van der Waals surface area contributed by atoms with Crippen LogP contribution >= 0.6 is 0 Å². The van der Waals surface area contributed by atoms with E-state index in [9.17, 15) is 14.4 Å². The summed E-state index contributed by atoms with van der Waals surface area (Å²) in [5.74, 6) is -0.326. The van der Waals surface area contributed by atoms with Crippen molar-refractivity contribution in [3.8, 4) is 0 Å². The molecule has 0 aliphatic heterocycles. The number of hydrogen-bond acceptors (Lipinski definition) is 5. The lowest BCUT2D eigenvalue weighted by molar-refractivity contribution is -0.151. The van der Waals surface area contributed by atoms with Crippen molar-refractivity contribution in [1.29, 1.82) is 0 Å². The Kier molecular flexibility index (Phi) is 25.2. The van der Waals surface area contributed by atoms with Crippen molar-refractivity contribution in [3.05, 3.63) is 0 Å². The number of hydrogen-bond donors (Lipinski definition) is 1. The Bertz CT molecular complexity index is 505. The van der Waals surface area contributed by atoms with Crippen molar-refractivity contribution < 1.29 is 24.2 Å². The number of ether oxygens (including phenoxy) is 1. The number of esters is 1. The maximum atomic E-state index is 11.9. The first-order valence-corrected chi connectivity index (χ1v) is 13.8. The van der Waals surface area contributed by atoms with E-state index in [4.69, 9.17) is 9.84 Å². The van der Waals surface area contributed by atoms with Crippen LogP contribution in [0.15, 0.2) is 0 Å². The van der Waals surface area contributed by atoms with E-state index >= 15 is 0 Å². The molecule has 202 valence electrons. The van der Waals surface area contributed by atoms with Crippen LogP contribution in [0.4, 0.5) is 0 Å². The predicted octanol–water partition coefficient (Wildman–Crippen LogP) is 6.61. The molecular formula is C28H55NO5. The van der Waals surface area contributed by atoms with Crippen LogP contribution in [0.1, 0.15) is 137 Å². The highest BCUT2D eigenvalue weighted by molar-refractivity contribution is 5.82. The van der Waals surface area contributed by atoms with Gasteiger partial charge >= 0.3 is 5.97 Å². The van der Waals surface area contributed by atoms with Gasteiger partial charge in [0.05, 0.1) is 6.10 Å². The average molecular weight is 486 g/mol. The second-order valence-electron chi connectivity index (χ2n) is 9.67. The minimum absolute atomic E-state index is 0.0218. The summed E-state index contributed by atoms with van der Waals surface area (Å²) in [6.07, 6.45) is 17.1. The van der Waals surface area contributed by atoms with Crippen molar-refractivity contribution >= 4 is 17.7 Å². The molecule has 0 bridgehead atoms. The van der Waals surface area contributed by atoms with Crippen LogP contribution in [0.2, 0.25) is 0 Å². The lowest BCUT2D eigenvalue weighted by atomic mass is 10.1. The van der Waals surface area contributed by atoms with Gasteiger partial charge in [0.15, 0.2) is 5.78 Å². The molecule has 1 amide bonds. The number of amides is 1. The Hall–Kier alpha value is -1.43. The highest BCUT2D eigenvalue weighted by Gasteiger charge is 2.14. The standard InChI is InChI=1S/C18H35NO3.C10H20O2/c1-5-6-7-8-9-10-11-12-13-14-17(20)19(4)15-18(21)22-16(2)3;1-3-4-5-6-7-8-10(12)9(2)11/h16H,5-15H2,1-4H3;9,11H,3-8H2,1-2H3. The number of nitrogens with zero attached hydrogens (tertiary/aromatic N) is 1. The molecule has 0 heterocycles. The number of Topliss-reactive ketones (excluding diaryl/α,β-unsaturated/α-hetero) is 1. The van der Waals surface area contributed by atoms with Gasteiger partial charge in [0.25, 0.3) is 0 Å². The summed E-state index contributed by atoms with van der Waals surface area (Å²) < 4.78 is 5.04. The first-order chi connectivity index (χ1) is 16.1. The van der Waals surface area contributed by atoms with E-state index in [0.29, 0.717) is 12.8 Å². The second kappa shape index (κ2) is 24.7. The van der Waals surface area contributed by atoms with E-state index < -0.39 is 6.10 Å². The largest absolute Gasteiger partial charge is 0.462 e. The normalized spacial score (nSPS) is 11.5. The molecule has 0 radical (unpaired) electrons. The van der Waals surface area contributed by atoms with Gasteiger partial charge in [-0.3, -0.25) is 14.4 Å². The van der Waals surface area contributed by atoms with E-state index in [1.54, 1.807) is 7.05 Å². The van der Waals surface area contributed by atoms with Crippen LogP contribution in [0.25, 0.3) is 0 Å². The van der Waals surface area contributed by atoms with Gasteiger partial charge in [-0.2, -0.15) is 0 Å². The van der Waals surface area contributed by atoms with Crippen LogP contribution < -0.4 is 0 Å². The molecule has 34 heavy (non-hydrogen) atoms. The molecule has 0 aromatic heterocycles. The Balaban J connectivity index is 0. The molecule has 0 fully saturated rings. The maximum absolute atomic E-state index is 11.9. The van der Waals surface area contributed by atoms with Crippen LogP contribution in [0.3, 0.4) is 0 Å². The zero-order chi connectivity index (χ0) is 26.2. The van der Waals surface area contributed by atoms with Gasteiger partial charge in [0.1, 0.15) is 12.6 Å². The number of carbonyl (C=O) groups is 3. The molecule has 6 nitrogen and oxygen atoms in total. The third-order valence-corrected chi connectivity index (χ3v) is 5.65. The number of ketones is 1. The minimum Gasteiger partial charge on any atom is -0.462 e. The van der Waals surface area contributed by atoms with Gasteiger partial charge in [0, 0.05) is 19.9 Å². The number of carbonyl (C=O) groups excluding carboxylic acids is 3. The van der Waals surface area contributed by atoms with E-state index in [2.05, 4.69) is 13.8 Å². The highest BCUT2D eigenvalue weighted by atomic mass is 16.5.